The summed E-state index contributed by atoms with van der Waals surface area (Å²) in [5, 5.41) is 9.88. The highest BCUT2D eigenvalue weighted by molar-refractivity contribution is 6.43. The van der Waals surface area contributed by atoms with Crippen LogP contribution < -0.4 is 4.74 Å². The van der Waals surface area contributed by atoms with Crippen LogP contribution in [0.5, 0.6) is 11.5 Å². The molecule has 1 N–H and O–H groups in total. The zero-order chi connectivity index (χ0) is 36.3. The molecule has 0 bridgehead atoms. The lowest BCUT2D eigenvalue weighted by Gasteiger charge is -2.10. The summed E-state index contributed by atoms with van der Waals surface area (Å²) < 4.78 is 36.8. The molecule has 256 valence electrons. The minimum Gasteiger partial charge on any atom is -0.508 e. The lowest BCUT2D eigenvalue weighted by Crippen LogP contribution is -2.14. The van der Waals surface area contributed by atoms with Crippen LogP contribution >= 0.6 is 0 Å². The van der Waals surface area contributed by atoms with Crippen LogP contribution in [0.4, 0.5) is 14.4 Å². The molecule has 6 nitrogen and oxygen atoms in total. The van der Waals surface area contributed by atoms with Gasteiger partial charge >= 0.3 is 13.4 Å². The van der Waals surface area contributed by atoms with E-state index in [-0.39, 0.29) is 29.0 Å². The number of nitrogens with zero attached hydrogens (tertiary/aromatic N) is 3. The summed E-state index contributed by atoms with van der Waals surface area (Å²) in [6.07, 6.45) is 10.1. The third-order valence-electron chi connectivity index (χ3n) is 9.14. The Kier molecular flexibility index (Phi) is 9.04. The van der Waals surface area contributed by atoms with E-state index < -0.39 is 13.4 Å². The van der Waals surface area contributed by atoms with Gasteiger partial charge in [-0.25, -0.2) is 14.8 Å². The molecule has 2 heterocycles. The fraction of sp³-hybridized carbons (Fsp3) is 0.0227. The molecule has 53 heavy (non-hydrogen) atoms. The normalized spacial score (nSPS) is 14.4. The van der Waals surface area contributed by atoms with Crippen LogP contribution in [0.2, 0.25) is 0 Å². The van der Waals surface area contributed by atoms with Gasteiger partial charge in [0.1, 0.15) is 17.3 Å². The highest BCUT2D eigenvalue weighted by Gasteiger charge is 2.30. The highest BCUT2D eigenvalue weighted by Crippen LogP contribution is 2.41. The number of aromatic nitrogens is 1. The zero-order valence-corrected chi connectivity index (χ0v) is 28.2. The van der Waals surface area contributed by atoms with Gasteiger partial charge in [-0.05, 0) is 95.1 Å². The molecule has 1 aliphatic heterocycles. The van der Waals surface area contributed by atoms with Crippen LogP contribution in [0.3, 0.4) is 0 Å². The van der Waals surface area contributed by atoms with Gasteiger partial charge in [0.25, 0.3) is 0 Å². The Morgan fingerprint density at radius 3 is 2.00 bits per heavy atom. The Labute approximate surface area is 305 Å². The SMILES string of the molecule is O=C(Oc1ccc(C2=N/C(=N\c3c(-c4ccccc4)cc(-c4ccc(O)cc4)n3B(F)F)C(c3ccccc3)=C2)cc1)c1ccc(C2C=CC=C2)cc1. The molecule has 0 saturated carbocycles. The van der Waals surface area contributed by atoms with Crippen LogP contribution in [-0.2, 0) is 0 Å². The molecule has 1 aromatic heterocycles. The molecule has 0 unspecified atom stereocenters. The first-order valence-corrected chi connectivity index (χ1v) is 17.0. The number of aromatic hydroxyl groups is 1. The molecule has 5 aromatic carbocycles. The first-order chi connectivity index (χ1) is 25.9. The molecule has 0 atom stereocenters. The van der Waals surface area contributed by atoms with E-state index in [0.717, 1.165) is 21.2 Å². The number of aliphatic imine (C=N–C) groups is 2. The Morgan fingerprint density at radius 1 is 0.736 bits per heavy atom. The number of amidine groups is 1. The van der Waals surface area contributed by atoms with E-state index in [9.17, 15) is 9.90 Å². The van der Waals surface area contributed by atoms with Crippen LogP contribution in [-0.4, -0.2) is 34.5 Å². The topological polar surface area (TPSA) is 76.2 Å². The molecular formula is C44H30BF2N3O3. The maximum atomic E-state index is 15.1. The fourth-order valence-electron chi connectivity index (χ4n) is 6.44. The van der Waals surface area contributed by atoms with E-state index in [1.165, 1.54) is 12.1 Å². The maximum absolute atomic E-state index is 15.1. The average molecular weight is 698 g/mol. The third-order valence-corrected chi connectivity index (χ3v) is 9.14. The predicted molar refractivity (Wildman–Crippen MR) is 207 cm³/mol. The maximum Gasteiger partial charge on any atom is 0.679 e. The van der Waals surface area contributed by atoms with Gasteiger partial charge in [0.2, 0.25) is 0 Å². The number of hydrogen-bond acceptors (Lipinski definition) is 4. The summed E-state index contributed by atoms with van der Waals surface area (Å²) in [6.45, 7) is 0. The second kappa shape index (κ2) is 14.4. The van der Waals surface area contributed by atoms with Crippen molar-refractivity contribution in [1.29, 1.82) is 0 Å². The number of hydrogen-bond donors (Lipinski definition) is 1. The number of carbonyl (C=O) groups excluding carboxylic acids is 1. The van der Waals surface area contributed by atoms with Crippen LogP contribution in [0.15, 0.2) is 180 Å². The van der Waals surface area contributed by atoms with Crippen LogP contribution in [0.1, 0.15) is 33.0 Å². The first kappa shape index (κ1) is 33.3. The molecule has 0 amide bonds. The number of benzene rings is 5. The second-order valence-corrected chi connectivity index (χ2v) is 12.5. The average Bonchev–Trinajstić information content (AvgIpc) is 3.97. The van der Waals surface area contributed by atoms with Crippen molar-refractivity contribution in [3.05, 3.63) is 192 Å². The van der Waals surface area contributed by atoms with Gasteiger partial charge in [0.05, 0.1) is 11.3 Å². The van der Waals surface area contributed by atoms with Gasteiger partial charge in [-0.2, -0.15) is 0 Å². The zero-order valence-electron chi connectivity index (χ0n) is 28.2. The van der Waals surface area contributed by atoms with E-state index in [4.69, 9.17) is 14.7 Å². The molecule has 6 aromatic rings. The lowest BCUT2D eigenvalue weighted by atomic mass is 10.00. The number of esters is 1. The first-order valence-electron chi connectivity index (χ1n) is 17.0. The molecule has 0 saturated heterocycles. The van der Waals surface area contributed by atoms with E-state index in [2.05, 4.69) is 12.2 Å². The predicted octanol–water partition coefficient (Wildman–Crippen LogP) is 10.3. The Morgan fingerprint density at radius 2 is 1.36 bits per heavy atom. The van der Waals surface area contributed by atoms with Crippen molar-refractivity contribution in [3.63, 3.8) is 0 Å². The summed E-state index contributed by atoms with van der Waals surface area (Å²) >= 11 is 0. The Balaban J connectivity index is 1.15. The van der Waals surface area contributed by atoms with Crippen molar-refractivity contribution >= 4 is 36.3 Å². The van der Waals surface area contributed by atoms with Gasteiger partial charge in [-0.1, -0.05) is 97.1 Å². The third kappa shape index (κ3) is 6.92. The molecule has 0 radical (unpaired) electrons. The van der Waals surface area contributed by atoms with E-state index in [1.54, 1.807) is 54.6 Å². The minimum atomic E-state index is -2.93. The van der Waals surface area contributed by atoms with Gasteiger partial charge in [0.15, 0.2) is 5.84 Å². The number of carbonyl (C=O) groups is 1. The van der Waals surface area contributed by atoms with E-state index in [0.29, 0.717) is 39.3 Å². The van der Waals surface area contributed by atoms with Crippen molar-refractivity contribution in [2.75, 3.05) is 0 Å². The van der Waals surface area contributed by atoms with Crippen molar-refractivity contribution in [2.24, 2.45) is 9.98 Å². The summed E-state index contributed by atoms with van der Waals surface area (Å²) in [5.41, 5.74) is 6.27. The van der Waals surface area contributed by atoms with Crippen molar-refractivity contribution in [1.82, 2.24) is 4.48 Å². The summed E-state index contributed by atoms with van der Waals surface area (Å²) in [6, 6.07) is 40.9. The van der Waals surface area contributed by atoms with Crippen LogP contribution in [0, 0.1) is 0 Å². The van der Waals surface area contributed by atoms with E-state index in [1.807, 2.05) is 91.0 Å². The van der Waals surface area contributed by atoms with Crippen LogP contribution in [0.25, 0.3) is 28.0 Å². The molecular weight excluding hydrogens is 667 g/mol. The van der Waals surface area contributed by atoms with Gasteiger partial charge in [0, 0.05) is 28.3 Å². The highest BCUT2D eigenvalue weighted by atomic mass is 19.2. The van der Waals surface area contributed by atoms with E-state index >= 15 is 8.63 Å². The smallest absolute Gasteiger partial charge is 0.508 e. The number of phenolic OH excluding ortho intramolecular Hbond substituents is 1. The molecule has 8 rings (SSSR count). The quantitative estimate of drug-likeness (QED) is 0.0928. The standard InChI is InChI=1S/C44H30BF2N3O3/c46-45(47)50-41(34-19-23-36(51)24-20-34)28-39(32-13-5-2-6-14-32)43(50)49-42-38(31-11-3-1-4-12-31)27-40(48-42)33-21-25-37(26-22-33)53-44(52)35-17-15-30(16-18-35)29-9-7-8-10-29/h1-29,51H/b49-42-. The summed E-state index contributed by atoms with van der Waals surface area (Å²) in [7, 11) is -2.93. The monoisotopic (exact) mass is 697 g/mol. The Bertz CT molecular complexity index is 2440. The van der Waals surface area contributed by atoms with Gasteiger partial charge < -0.3 is 14.3 Å². The summed E-state index contributed by atoms with van der Waals surface area (Å²) in [4.78, 5) is 22.7. The molecule has 0 fully saturated rings. The van der Waals surface area contributed by atoms with Crippen molar-refractivity contribution in [3.8, 4) is 33.9 Å². The minimum absolute atomic E-state index is 0.0319. The molecule has 1 aliphatic carbocycles. The lowest BCUT2D eigenvalue weighted by molar-refractivity contribution is 0.0734. The number of phenols is 1. The van der Waals surface area contributed by atoms with Crippen molar-refractivity contribution < 1.29 is 23.3 Å². The second-order valence-electron chi connectivity index (χ2n) is 12.5. The fourth-order valence-corrected chi connectivity index (χ4v) is 6.44. The number of rotatable bonds is 9. The van der Waals surface area contributed by atoms with Crippen molar-refractivity contribution in [2.45, 2.75) is 5.92 Å². The Hall–Kier alpha value is -6.87. The number of allylic oxidation sites excluding steroid dienone is 5. The molecule has 9 heteroatoms. The largest absolute Gasteiger partial charge is 0.679 e. The summed E-state index contributed by atoms with van der Waals surface area (Å²) in [5.74, 6) is 0.448. The molecule has 2 aliphatic rings. The van der Waals surface area contributed by atoms with Gasteiger partial charge in [-0.3, -0.25) is 8.63 Å². The van der Waals surface area contributed by atoms with Gasteiger partial charge in [-0.15, -0.1) is 0 Å². The number of ether oxygens (including phenoxy) is 1. The number of halogens is 2. The molecule has 0 spiro atoms.